The molecular weight excluding hydrogens is 438 g/mol. The first-order chi connectivity index (χ1) is 16.9. The van der Waals surface area contributed by atoms with E-state index in [2.05, 4.69) is 42.6 Å². The number of fused-ring (bicyclic) bond motifs is 2. The molecule has 7 nitrogen and oxygen atoms in total. The van der Waals surface area contributed by atoms with Crippen LogP contribution in [0.4, 0.5) is 0 Å². The molecule has 0 aliphatic heterocycles. The van der Waals surface area contributed by atoms with Gasteiger partial charge in [0.15, 0.2) is 0 Å². The second-order valence-electron chi connectivity index (χ2n) is 10.9. The molecule has 1 aromatic rings. The van der Waals surface area contributed by atoms with E-state index in [1.54, 1.807) is 0 Å². The summed E-state index contributed by atoms with van der Waals surface area (Å²) in [4.78, 5) is 27.2. The standard InChI is InChI=1S/C28H47N5O2/c1-2-33(20-28-15-14-22(18-28)23(19-28)21-10-4-3-5-11-21)27(35)25(31)13-7-9-17-32-26(34)24(30)12-6-8-16-29/h3-5,10-11,22-25H,2,6-9,12-20,29-31H2,1H3,(H,32,34)/t22?,23?,24-,25-,28?/m0/s1. The molecule has 0 radical (unpaired) electrons. The SMILES string of the molecule is CCN(CC12CCC(C1)C(c1ccccc1)C2)C(=O)[C@@H](N)CCCCNC(=O)[C@@H](N)CCCCN. The van der Waals surface area contributed by atoms with Crippen LogP contribution in [0.15, 0.2) is 30.3 Å². The molecule has 7 heteroatoms. The molecule has 2 fully saturated rings. The quantitative estimate of drug-likeness (QED) is 0.284. The molecule has 1 aromatic carbocycles. The van der Waals surface area contributed by atoms with Crippen molar-refractivity contribution in [3.63, 3.8) is 0 Å². The lowest BCUT2D eigenvalue weighted by molar-refractivity contribution is -0.134. The summed E-state index contributed by atoms with van der Waals surface area (Å²) in [5.41, 5.74) is 19.4. The molecule has 2 aliphatic carbocycles. The van der Waals surface area contributed by atoms with Crippen LogP contribution in [0, 0.1) is 11.3 Å². The van der Waals surface area contributed by atoms with Gasteiger partial charge in [0.05, 0.1) is 12.1 Å². The molecule has 2 saturated carbocycles. The normalized spacial score (nSPS) is 24.8. The molecule has 0 spiro atoms. The van der Waals surface area contributed by atoms with Crippen LogP contribution in [0.3, 0.4) is 0 Å². The highest BCUT2D eigenvalue weighted by atomic mass is 16.2. The molecule has 0 saturated heterocycles. The Morgan fingerprint density at radius 3 is 2.49 bits per heavy atom. The zero-order valence-electron chi connectivity index (χ0n) is 21.6. The Hall–Kier alpha value is -1.96. The number of carbonyl (C=O) groups is 2. The molecule has 3 unspecified atom stereocenters. The number of likely N-dealkylation sites (N-methyl/N-ethyl adjacent to an activating group) is 1. The van der Waals surface area contributed by atoms with Gasteiger partial charge in [-0.2, -0.15) is 0 Å². The maximum absolute atomic E-state index is 13.2. The fourth-order valence-electron chi connectivity index (χ4n) is 6.29. The molecule has 35 heavy (non-hydrogen) atoms. The second-order valence-corrected chi connectivity index (χ2v) is 10.9. The Morgan fingerprint density at radius 1 is 1.06 bits per heavy atom. The van der Waals surface area contributed by atoms with Crippen LogP contribution in [0.2, 0.25) is 0 Å². The summed E-state index contributed by atoms with van der Waals surface area (Å²) < 4.78 is 0. The van der Waals surface area contributed by atoms with Gasteiger partial charge in [-0.25, -0.2) is 0 Å². The number of hydrogen-bond donors (Lipinski definition) is 4. The van der Waals surface area contributed by atoms with E-state index in [0.717, 1.165) is 38.1 Å². The zero-order chi connectivity index (χ0) is 25.3. The van der Waals surface area contributed by atoms with Gasteiger partial charge < -0.3 is 27.4 Å². The molecule has 2 bridgehead atoms. The Kier molecular flexibility index (Phi) is 10.6. The van der Waals surface area contributed by atoms with Gasteiger partial charge in [0.25, 0.3) is 0 Å². The molecule has 0 heterocycles. The van der Waals surface area contributed by atoms with Crippen molar-refractivity contribution < 1.29 is 9.59 Å². The third kappa shape index (κ3) is 7.51. The van der Waals surface area contributed by atoms with E-state index in [1.807, 2.05) is 4.90 Å². The summed E-state index contributed by atoms with van der Waals surface area (Å²) in [6, 6.07) is 9.92. The van der Waals surface area contributed by atoms with E-state index in [0.29, 0.717) is 38.4 Å². The van der Waals surface area contributed by atoms with E-state index in [-0.39, 0.29) is 17.2 Å². The summed E-state index contributed by atoms with van der Waals surface area (Å²) in [6.07, 6.45) is 9.51. The van der Waals surface area contributed by atoms with Crippen molar-refractivity contribution in [2.75, 3.05) is 26.2 Å². The number of nitrogens with zero attached hydrogens (tertiary/aromatic N) is 1. The van der Waals surface area contributed by atoms with Crippen LogP contribution in [-0.2, 0) is 9.59 Å². The lowest BCUT2D eigenvalue weighted by Gasteiger charge is -2.36. The van der Waals surface area contributed by atoms with E-state index < -0.39 is 12.1 Å². The fourth-order valence-corrected chi connectivity index (χ4v) is 6.29. The number of unbranched alkanes of at least 4 members (excludes halogenated alkanes) is 2. The lowest BCUT2D eigenvalue weighted by atomic mass is 9.77. The van der Waals surface area contributed by atoms with Crippen molar-refractivity contribution in [3.05, 3.63) is 35.9 Å². The summed E-state index contributed by atoms with van der Waals surface area (Å²) in [6.45, 7) is 4.77. The molecule has 3 rings (SSSR count). The van der Waals surface area contributed by atoms with Crippen molar-refractivity contribution in [2.24, 2.45) is 28.5 Å². The summed E-state index contributed by atoms with van der Waals surface area (Å²) in [5, 5.41) is 2.90. The summed E-state index contributed by atoms with van der Waals surface area (Å²) in [7, 11) is 0. The van der Waals surface area contributed by atoms with Crippen molar-refractivity contribution in [1.82, 2.24) is 10.2 Å². The molecule has 2 aliphatic rings. The Bertz CT molecular complexity index is 804. The fraction of sp³-hybridized carbons (Fsp3) is 0.714. The Morgan fingerprint density at radius 2 is 1.77 bits per heavy atom. The molecule has 5 atom stereocenters. The number of nitrogens with one attached hydrogen (secondary N) is 1. The minimum absolute atomic E-state index is 0.0689. The number of rotatable bonds is 15. The van der Waals surface area contributed by atoms with Crippen molar-refractivity contribution in [3.8, 4) is 0 Å². The first kappa shape index (κ1) is 27.6. The molecule has 196 valence electrons. The lowest BCUT2D eigenvalue weighted by Crippen LogP contribution is -2.47. The van der Waals surface area contributed by atoms with Crippen LogP contribution >= 0.6 is 0 Å². The monoisotopic (exact) mass is 485 g/mol. The number of amides is 2. The third-order valence-electron chi connectivity index (χ3n) is 8.27. The third-order valence-corrected chi connectivity index (χ3v) is 8.27. The van der Waals surface area contributed by atoms with Crippen LogP contribution in [0.1, 0.15) is 82.6 Å². The van der Waals surface area contributed by atoms with E-state index >= 15 is 0 Å². The molecule has 0 aromatic heterocycles. The topological polar surface area (TPSA) is 127 Å². The minimum atomic E-state index is -0.482. The van der Waals surface area contributed by atoms with E-state index in [9.17, 15) is 9.59 Å². The number of carbonyl (C=O) groups excluding carboxylic acids is 2. The van der Waals surface area contributed by atoms with Gasteiger partial charge in [0.2, 0.25) is 11.8 Å². The zero-order valence-corrected chi connectivity index (χ0v) is 21.6. The van der Waals surface area contributed by atoms with E-state index in [4.69, 9.17) is 17.2 Å². The highest BCUT2D eigenvalue weighted by Crippen LogP contribution is 2.60. The van der Waals surface area contributed by atoms with Gasteiger partial charge in [-0.1, -0.05) is 36.8 Å². The maximum Gasteiger partial charge on any atom is 0.239 e. The van der Waals surface area contributed by atoms with Gasteiger partial charge in [-0.15, -0.1) is 0 Å². The van der Waals surface area contributed by atoms with E-state index in [1.165, 1.54) is 31.2 Å². The van der Waals surface area contributed by atoms with Gasteiger partial charge in [-0.05, 0) is 94.1 Å². The summed E-state index contributed by atoms with van der Waals surface area (Å²) in [5.74, 6) is 1.32. The Labute approximate surface area is 211 Å². The highest BCUT2D eigenvalue weighted by Gasteiger charge is 2.51. The predicted molar refractivity (Wildman–Crippen MR) is 142 cm³/mol. The van der Waals surface area contributed by atoms with Crippen molar-refractivity contribution in [2.45, 2.75) is 89.1 Å². The molecular formula is C28H47N5O2. The van der Waals surface area contributed by atoms with Crippen LogP contribution in [0.25, 0.3) is 0 Å². The molecule has 7 N–H and O–H groups in total. The molecule has 2 amide bonds. The van der Waals surface area contributed by atoms with Crippen molar-refractivity contribution in [1.29, 1.82) is 0 Å². The van der Waals surface area contributed by atoms with Crippen LogP contribution in [0.5, 0.6) is 0 Å². The van der Waals surface area contributed by atoms with Gasteiger partial charge in [0, 0.05) is 19.6 Å². The largest absolute Gasteiger partial charge is 0.355 e. The smallest absolute Gasteiger partial charge is 0.239 e. The van der Waals surface area contributed by atoms with Crippen LogP contribution < -0.4 is 22.5 Å². The van der Waals surface area contributed by atoms with Gasteiger partial charge >= 0.3 is 0 Å². The number of benzene rings is 1. The van der Waals surface area contributed by atoms with Gasteiger partial charge in [0.1, 0.15) is 0 Å². The minimum Gasteiger partial charge on any atom is -0.355 e. The average molecular weight is 486 g/mol. The first-order valence-corrected chi connectivity index (χ1v) is 13.7. The number of nitrogens with two attached hydrogens (primary N) is 3. The van der Waals surface area contributed by atoms with Crippen LogP contribution in [-0.4, -0.2) is 55.0 Å². The highest BCUT2D eigenvalue weighted by molar-refractivity contribution is 5.82. The number of hydrogen-bond acceptors (Lipinski definition) is 5. The van der Waals surface area contributed by atoms with Gasteiger partial charge in [-0.3, -0.25) is 9.59 Å². The Balaban J connectivity index is 1.39. The summed E-state index contributed by atoms with van der Waals surface area (Å²) >= 11 is 0. The second kappa shape index (κ2) is 13.4. The first-order valence-electron chi connectivity index (χ1n) is 13.7. The maximum atomic E-state index is 13.2. The average Bonchev–Trinajstić information content (AvgIpc) is 3.46. The predicted octanol–water partition coefficient (Wildman–Crippen LogP) is 2.88. The van der Waals surface area contributed by atoms with Crippen molar-refractivity contribution >= 4 is 11.8 Å².